The van der Waals surface area contributed by atoms with Gasteiger partial charge in [0.15, 0.2) is 0 Å². The molecule has 0 aromatic rings. The standard InChI is InChI=1S/C14H25F2O7P/c1-4-20-12(17)8-6-10-22-24(19,14(3,15)16)23-11-7-9-13(18)21-5-2/h4-11H2,1-3H3. The van der Waals surface area contributed by atoms with Gasteiger partial charge in [-0.3, -0.25) is 14.2 Å². The van der Waals surface area contributed by atoms with Crippen molar-refractivity contribution in [3.8, 4) is 0 Å². The fourth-order valence-corrected chi connectivity index (χ4v) is 2.80. The molecule has 0 N–H and O–H groups in total. The number of hydrogen-bond acceptors (Lipinski definition) is 7. The summed E-state index contributed by atoms with van der Waals surface area (Å²) in [6, 6.07) is 0. The van der Waals surface area contributed by atoms with Crippen LogP contribution in [0.2, 0.25) is 0 Å². The van der Waals surface area contributed by atoms with Gasteiger partial charge in [-0.2, -0.15) is 8.78 Å². The van der Waals surface area contributed by atoms with Crippen LogP contribution in [0.1, 0.15) is 46.5 Å². The number of carbonyl (C=O) groups excluding carboxylic acids is 2. The summed E-state index contributed by atoms with van der Waals surface area (Å²) >= 11 is 0. The fraction of sp³-hybridized carbons (Fsp3) is 0.857. The van der Waals surface area contributed by atoms with Gasteiger partial charge in [0.2, 0.25) is 0 Å². The third-order valence-electron chi connectivity index (χ3n) is 2.66. The Labute approximate surface area is 140 Å². The lowest BCUT2D eigenvalue weighted by atomic mass is 10.3. The molecule has 0 aliphatic rings. The van der Waals surface area contributed by atoms with Crippen LogP contribution < -0.4 is 0 Å². The summed E-state index contributed by atoms with van der Waals surface area (Å²) in [5.74, 6) is -0.982. The first-order valence-corrected chi connectivity index (χ1v) is 9.28. The molecule has 0 saturated heterocycles. The van der Waals surface area contributed by atoms with Crippen LogP contribution in [0.3, 0.4) is 0 Å². The van der Waals surface area contributed by atoms with Crippen molar-refractivity contribution in [3.63, 3.8) is 0 Å². The molecule has 7 nitrogen and oxygen atoms in total. The molecule has 0 atom stereocenters. The van der Waals surface area contributed by atoms with E-state index in [-0.39, 0.29) is 52.1 Å². The number of rotatable bonds is 13. The number of halogens is 2. The van der Waals surface area contributed by atoms with Crippen LogP contribution in [0.15, 0.2) is 0 Å². The van der Waals surface area contributed by atoms with Crippen molar-refractivity contribution < 1.29 is 41.5 Å². The molecule has 10 heteroatoms. The molecule has 0 aliphatic heterocycles. The minimum absolute atomic E-state index is 0.0357. The second-order valence-corrected chi connectivity index (χ2v) is 7.12. The second-order valence-electron chi connectivity index (χ2n) is 4.82. The monoisotopic (exact) mass is 374 g/mol. The molecular formula is C14H25F2O7P. The van der Waals surface area contributed by atoms with Gasteiger partial charge in [0.25, 0.3) is 0 Å². The van der Waals surface area contributed by atoms with E-state index >= 15 is 0 Å². The highest BCUT2D eigenvalue weighted by Crippen LogP contribution is 2.61. The zero-order valence-electron chi connectivity index (χ0n) is 14.2. The summed E-state index contributed by atoms with van der Waals surface area (Å²) in [6.45, 7) is 3.48. The maximum atomic E-state index is 13.5. The summed E-state index contributed by atoms with van der Waals surface area (Å²) < 4.78 is 58.0. The van der Waals surface area contributed by atoms with Crippen molar-refractivity contribution in [1.82, 2.24) is 0 Å². The molecule has 0 bridgehead atoms. The quantitative estimate of drug-likeness (QED) is 0.277. The van der Waals surface area contributed by atoms with Crippen LogP contribution in [-0.4, -0.2) is 44.0 Å². The summed E-state index contributed by atoms with van der Waals surface area (Å²) in [7, 11) is -4.69. The molecule has 0 amide bonds. The number of hydrogen-bond donors (Lipinski definition) is 0. The lowest BCUT2D eigenvalue weighted by Crippen LogP contribution is -2.17. The molecule has 0 aromatic carbocycles. The molecule has 0 fully saturated rings. The van der Waals surface area contributed by atoms with E-state index in [0.29, 0.717) is 6.92 Å². The highest BCUT2D eigenvalue weighted by atomic mass is 31.2. The average Bonchev–Trinajstić information content (AvgIpc) is 2.48. The van der Waals surface area contributed by atoms with Gasteiger partial charge in [0.05, 0.1) is 26.4 Å². The van der Waals surface area contributed by atoms with E-state index in [1.807, 2.05) is 0 Å². The topological polar surface area (TPSA) is 88.1 Å². The summed E-state index contributed by atoms with van der Waals surface area (Å²) in [5.41, 5.74) is -3.69. The normalized spacial score (nSPS) is 12.0. The first kappa shape index (κ1) is 22.9. The molecule has 0 heterocycles. The number of carbonyl (C=O) groups is 2. The molecule has 142 valence electrons. The van der Waals surface area contributed by atoms with Gasteiger partial charge < -0.3 is 18.5 Å². The molecule has 24 heavy (non-hydrogen) atoms. The molecule has 0 aromatic heterocycles. The Morgan fingerprint density at radius 1 is 0.917 bits per heavy atom. The highest BCUT2D eigenvalue weighted by Gasteiger charge is 2.49. The minimum atomic E-state index is -4.69. The van der Waals surface area contributed by atoms with E-state index in [4.69, 9.17) is 9.05 Å². The smallest absolute Gasteiger partial charge is 0.399 e. The second kappa shape index (κ2) is 11.5. The predicted molar refractivity (Wildman–Crippen MR) is 81.9 cm³/mol. The molecule has 0 unspecified atom stereocenters. The summed E-state index contributed by atoms with van der Waals surface area (Å²) in [6.07, 6.45) is 0.0775. The molecular weight excluding hydrogens is 349 g/mol. The van der Waals surface area contributed by atoms with Gasteiger partial charge in [0, 0.05) is 19.8 Å². The Morgan fingerprint density at radius 3 is 1.58 bits per heavy atom. The van der Waals surface area contributed by atoms with Crippen molar-refractivity contribution in [3.05, 3.63) is 0 Å². The zero-order chi connectivity index (χ0) is 18.6. The van der Waals surface area contributed by atoms with E-state index in [1.54, 1.807) is 13.8 Å². The Kier molecular flexibility index (Phi) is 11.0. The van der Waals surface area contributed by atoms with E-state index in [1.165, 1.54) is 0 Å². The summed E-state index contributed by atoms with van der Waals surface area (Å²) in [5, 5.41) is 0. The van der Waals surface area contributed by atoms with E-state index in [0.717, 1.165) is 0 Å². The maximum absolute atomic E-state index is 13.5. The molecule has 0 radical (unpaired) electrons. The SMILES string of the molecule is CCOC(=O)CCCOP(=O)(OCCCC(=O)OCC)C(C)(F)F. The lowest BCUT2D eigenvalue weighted by molar-refractivity contribution is -0.144. The van der Waals surface area contributed by atoms with Crippen molar-refractivity contribution in [1.29, 1.82) is 0 Å². The van der Waals surface area contributed by atoms with Crippen LogP contribution in [0, 0.1) is 0 Å². The van der Waals surface area contributed by atoms with Gasteiger partial charge in [-0.05, 0) is 26.7 Å². The number of esters is 2. The molecule has 0 spiro atoms. The van der Waals surface area contributed by atoms with Crippen molar-refractivity contribution in [2.45, 2.75) is 52.1 Å². The van der Waals surface area contributed by atoms with Gasteiger partial charge in [-0.15, -0.1) is 0 Å². The fourth-order valence-electron chi connectivity index (χ4n) is 1.53. The minimum Gasteiger partial charge on any atom is -0.466 e. The van der Waals surface area contributed by atoms with Crippen LogP contribution in [-0.2, 0) is 32.7 Å². The van der Waals surface area contributed by atoms with E-state index < -0.39 is 25.2 Å². The average molecular weight is 374 g/mol. The van der Waals surface area contributed by atoms with Gasteiger partial charge in [-0.25, -0.2) is 0 Å². The van der Waals surface area contributed by atoms with Crippen molar-refractivity contribution in [2.75, 3.05) is 26.4 Å². The van der Waals surface area contributed by atoms with Crippen LogP contribution in [0.4, 0.5) is 8.78 Å². The third kappa shape index (κ3) is 9.30. The van der Waals surface area contributed by atoms with E-state index in [9.17, 15) is 22.9 Å². The van der Waals surface area contributed by atoms with Gasteiger partial charge in [-0.1, -0.05) is 0 Å². The van der Waals surface area contributed by atoms with Crippen LogP contribution in [0.25, 0.3) is 0 Å². The van der Waals surface area contributed by atoms with E-state index in [2.05, 4.69) is 9.47 Å². The van der Waals surface area contributed by atoms with Crippen molar-refractivity contribution in [2.24, 2.45) is 0 Å². The molecule has 0 aliphatic carbocycles. The predicted octanol–water partition coefficient (Wildman–Crippen LogP) is 3.51. The highest BCUT2D eigenvalue weighted by molar-refractivity contribution is 7.55. The van der Waals surface area contributed by atoms with Crippen molar-refractivity contribution >= 4 is 19.5 Å². The molecule has 0 saturated carbocycles. The molecule has 0 rings (SSSR count). The Bertz CT molecular complexity index is 407. The van der Waals surface area contributed by atoms with Gasteiger partial charge in [0.1, 0.15) is 0 Å². The lowest BCUT2D eigenvalue weighted by Gasteiger charge is -2.23. The Balaban J connectivity index is 4.30. The largest absolute Gasteiger partial charge is 0.466 e. The van der Waals surface area contributed by atoms with Gasteiger partial charge >= 0.3 is 25.2 Å². The zero-order valence-corrected chi connectivity index (χ0v) is 15.1. The first-order valence-electron chi connectivity index (χ1n) is 7.74. The first-order chi connectivity index (χ1) is 11.2. The Hall–Kier alpha value is -1.05. The van der Waals surface area contributed by atoms with Crippen LogP contribution in [0.5, 0.6) is 0 Å². The third-order valence-corrected chi connectivity index (χ3v) is 4.67. The Morgan fingerprint density at radius 2 is 1.29 bits per heavy atom. The number of ether oxygens (including phenoxy) is 2. The van der Waals surface area contributed by atoms with Crippen LogP contribution >= 0.6 is 7.60 Å². The maximum Gasteiger partial charge on any atom is 0.399 e. The summed E-state index contributed by atoms with van der Waals surface area (Å²) in [4.78, 5) is 22.2. The number of alkyl halides is 2.